The fraction of sp³-hybridized carbons (Fsp3) is 0.357. The second-order valence-corrected chi connectivity index (χ2v) is 4.89. The van der Waals surface area contributed by atoms with Gasteiger partial charge in [-0.25, -0.2) is 4.98 Å². The topological polar surface area (TPSA) is 85.8 Å². The number of rotatable bonds is 5. The number of hydrogen-bond donors (Lipinski definition) is 2. The van der Waals surface area contributed by atoms with Crippen molar-refractivity contribution in [3.63, 3.8) is 0 Å². The monoisotopic (exact) mass is 273 g/mol. The van der Waals surface area contributed by atoms with Gasteiger partial charge in [0.05, 0.1) is 6.54 Å². The van der Waals surface area contributed by atoms with Crippen molar-refractivity contribution >= 4 is 11.7 Å². The number of pyridine rings is 1. The van der Waals surface area contributed by atoms with Gasteiger partial charge in [-0.2, -0.15) is 5.10 Å². The fourth-order valence-corrected chi connectivity index (χ4v) is 1.82. The summed E-state index contributed by atoms with van der Waals surface area (Å²) in [5, 5.41) is 6.92. The van der Waals surface area contributed by atoms with Crippen molar-refractivity contribution in [1.82, 2.24) is 20.1 Å². The van der Waals surface area contributed by atoms with Crippen LogP contribution in [0.15, 0.2) is 30.6 Å². The Morgan fingerprint density at radius 1 is 1.45 bits per heavy atom. The van der Waals surface area contributed by atoms with Crippen LogP contribution in [0.25, 0.3) is 0 Å². The quantitative estimate of drug-likeness (QED) is 0.862. The summed E-state index contributed by atoms with van der Waals surface area (Å²) in [4.78, 5) is 16.3. The third-order valence-corrected chi connectivity index (χ3v) is 2.90. The Labute approximate surface area is 118 Å². The third kappa shape index (κ3) is 3.57. The fourth-order valence-electron chi connectivity index (χ4n) is 1.82. The summed E-state index contributed by atoms with van der Waals surface area (Å²) in [6.45, 7) is 5.18. The summed E-state index contributed by atoms with van der Waals surface area (Å²) in [5.74, 6) is 0.454. The molecule has 6 nitrogen and oxygen atoms in total. The number of hydrogen-bond acceptors (Lipinski definition) is 4. The molecule has 0 saturated carbocycles. The van der Waals surface area contributed by atoms with Gasteiger partial charge in [0.2, 0.25) is 0 Å². The highest BCUT2D eigenvalue weighted by molar-refractivity contribution is 5.94. The van der Waals surface area contributed by atoms with Gasteiger partial charge in [-0.15, -0.1) is 0 Å². The van der Waals surface area contributed by atoms with Crippen LogP contribution in [0.1, 0.15) is 35.8 Å². The minimum atomic E-state index is -0.145. The van der Waals surface area contributed by atoms with Crippen molar-refractivity contribution < 1.29 is 4.79 Å². The smallest absolute Gasteiger partial charge is 0.251 e. The van der Waals surface area contributed by atoms with E-state index in [1.807, 2.05) is 26.1 Å². The first-order chi connectivity index (χ1) is 9.56. The first-order valence-electron chi connectivity index (χ1n) is 6.59. The Balaban J connectivity index is 1.98. The standard InChI is InChI=1S/C14H19N5O/c1-10(2)12-8-11(9-13(15)18-12)14(20)16-5-7-19-6-3-4-17-19/h3-4,6,8-10H,5,7H2,1-2H3,(H2,15,18)(H,16,20). The van der Waals surface area contributed by atoms with E-state index in [0.717, 1.165) is 5.69 Å². The molecule has 2 heterocycles. The molecular weight excluding hydrogens is 254 g/mol. The molecular formula is C14H19N5O. The van der Waals surface area contributed by atoms with Crippen LogP contribution in [0.2, 0.25) is 0 Å². The van der Waals surface area contributed by atoms with Crippen molar-refractivity contribution in [1.29, 1.82) is 0 Å². The predicted molar refractivity (Wildman–Crippen MR) is 77.3 cm³/mol. The highest BCUT2D eigenvalue weighted by Gasteiger charge is 2.10. The maximum atomic E-state index is 12.1. The molecule has 2 rings (SSSR count). The Morgan fingerprint density at radius 2 is 2.25 bits per heavy atom. The van der Waals surface area contributed by atoms with Crippen LogP contribution in [-0.4, -0.2) is 27.2 Å². The predicted octanol–water partition coefficient (Wildman–Crippen LogP) is 1.41. The summed E-state index contributed by atoms with van der Waals surface area (Å²) < 4.78 is 1.76. The lowest BCUT2D eigenvalue weighted by molar-refractivity contribution is 0.0951. The SMILES string of the molecule is CC(C)c1cc(C(=O)NCCn2cccn2)cc(N)n1. The van der Waals surface area contributed by atoms with E-state index < -0.39 is 0 Å². The molecule has 0 aliphatic heterocycles. The lowest BCUT2D eigenvalue weighted by Crippen LogP contribution is -2.27. The van der Waals surface area contributed by atoms with Crippen molar-refractivity contribution in [3.05, 3.63) is 41.9 Å². The molecule has 0 saturated heterocycles. The van der Waals surface area contributed by atoms with Gasteiger partial charge in [0, 0.05) is 30.2 Å². The summed E-state index contributed by atoms with van der Waals surface area (Å²) in [6.07, 6.45) is 3.56. The van der Waals surface area contributed by atoms with Gasteiger partial charge >= 0.3 is 0 Å². The normalized spacial score (nSPS) is 10.8. The summed E-state index contributed by atoms with van der Waals surface area (Å²) >= 11 is 0. The molecule has 20 heavy (non-hydrogen) atoms. The Kier molecular flexibility index (Phi) is 4.34. The van der Waals surface area contributed by atoms with Crippen LogP contribution in [0.5, 0.6) is 0 Å². The minimum Gasteiger partial charge on any atom is -0.384 e. The van der Waals surface area contributed by atoms with Gasteiger partial charge in [-0.3, -0.25) is 9.48 Å². The number of nitrogens with one attached hydrogen (secondary N) is 1. The van der Waals surface area contributed by atoms with Crippen molar-refractivity contribution in [2.24, 2.45) is 0 Å². The molecule has 0 aliphatic carbocycles. The van der Waals surface area contributed by atoms with Crippen molar-refractivity contribution in [2.45, 2.75) is 26.3 Å². The van der Waals surface area contributed by atoms with E-state index in [-0.39, 0.29) is 11.8 Å². The number of nitrogens with zero attached hydrogens (tertiary/aromatic N) is 3. The van der Waals surface area contributed by atoms with Crippen LogP contribution in [-0.2, 0) is 6.54 Å². The van der Waals surface area contributed by atoms with E-state index in [1.165, 1.54) is 0 Å². The second-order valence-electron chi connectivity index (χ2n) is 4.89. The van der Waals surface area contributed by atoms with E-state index >= 15 is 0 Å². The molecule has 6 heteroatoms. The van der Waals surface area contributed by atoms with Crippen LogP contribution < -0.4 is 11.1 Å². The molecule has 3 N–H and O–H groups in total. The third-order valence-electron chi connectivity index (χ3n) is 2.90. The van der Waals surface area contributed by atoms with Gasteiger partial charge in [0.1, 0.15) is 5.82 Å². The number of amides is 1. The molecule has 0 aliphatic rings. The van der Waals surface area contributed by atoms with Gasteiger partial charge in [0.15, 0.2) is 0 Å². The van der Waals surface area contributed by atoms with Gasteiger partial charge in [-0.1, -0.05) is 13.8 Å². The van der Waals surface area contributed by atoms with Crippen LogP contribution in [0, 0.1) is 0 Å². The average molecular weight is 273 g/mol. The molecule has 0 bridgehead atoms. The van der Waals surface area contributed by atoms with E-state index in [2.05, 4.69) is 15.4 Å². The molecule has 2 aromatic heterocycles. The Morgan fingerprint density at radius 3 is 2.90 bits per heavy atom. The number of anilines is 1. The molecule has 0 unspecified atom stereocenters. The minimum absolute atomic E-state index is 0.145. The zero-order valence-corrected chi connectivity index (χ0v) is 11.7. The highest BCUT2D eigenvalue weighted by Crippen LogP contribution is 2.15. The molecule has 0 atom stereocenters. The maximum absolute atomic E-state index is 12.1. The van der Waals surface area contributed by atoms with E-state index in [9.17, 15) is 4.79 Å². The largest absolute Gasteiger partial charge is 0.384 e. The molecule has 0 fully saturated rings. The number of carbonyl (C=O) groups is 1. The number of carbonyl (C=O) groups excluding carboxylic acids is 1. The number of aromatic nitrogens is 3. The number of nitrogens with two attached hydrogens (primary N) is 1. The van der Waals surface area contributed by atoms with Gasteiger partial charge in [-0.05, 0) is 24.1 Å². The molecule has 2 aromatic rings. The van der Waals surface area contributed by atoms with Crippen LogP contribution in [0.3, 0.4) is 0 Å². The van der Waals surface area contributed by atoms with Crippen molar-refractivity contribution in [3.8, 4) is 0 Å². The van der Waals surface area contributed by atoms with Gasteiger partial charge in [0.25, 0.3) is 5.91 Å². The lowest BCUT2D eigenvalue weighted by Gasteiger charge is -2.10. The van der Waals surface area contributed by atoms with E-state index in [0.29, 0.717) is 24.5 Å². The zero-order chi connectivity index (χ0) is 14.5. The van der Waals surface area contributed by atoms with Crippen LogP contribution in [0.4, 0.5) is 5.82 Å². The van der Waals surface area contributed by atoms with E-state index in [4.69, 9.17) is 5.73 Å². The van der Waals surface area contributed by atoms with Gasteiger partial charge < -0.3 is 11.1 Å². The number of nitrogen functional groups attached to an aromatic ring is 1. The highest BCUT2D eigenvalue weighted by atomic mass is 16.1. The van der Waals surface area contributed by atoms with Crippen LogP contribution >= 0.6 is 0 Å². The summed E-state index contributed by atoms with van der Waals surface area (Å²) in [7, 11) is 0. The average Bonchev–Trinajstić information content (AvgIpc) is 2.91. The molecule has 0 spiro atoms. The molecule has 106 valence electrons. The Hall–Kier alpha value is -2.37. The molecule has 0 radical (unpaired) electrons. The summed E-state index contributed by atoms with van der Waals surface area (Å²) in [5.41, 5.74) is 7.10. The second kappa shape index (κ2) is 6.18. The molecule has 1 amide bonds. The Bertz CT molecular complexity index is 577. The van der Waals surface area contributed by atoms with E-state index in [1.54, 1.807) is 23.0 Å². The zero-order valence-electron chi connectivity index (χ0n) is 11.7. The molecule has 0 aromatic carbocycles. The first-order valence-corrected chi connectivity index (χ1v) is 6.59. The lowest BCUT2D eigenvalue weighted by atomic mass is 10.1. The van der Waals surface area contributed by atoms with Crippen molar-refractivity contribution in [2.75, 3.05) is 12.3 Å². The summed E-state index contributed by atoms with van der Waals surface area (Å²) in [6, 6.07) is 5.22. The first kappa shape index (κ1) is 14.0. The maximum Gasteiger partial charge on any atom is 0.251 e.